The first-order valence-electron chi connectivity index (χ1n) is 14.4. The van der Waals surface area contributed by atoms with Crippen molar-refractivity contribution in [1.82, 2.24) is 4.90 Å². The van der Waals surface area contributed by atoms with Gasteiger partial charge in [-0.25, -0.2) is 4.90 Å². The number of phenols is 1. The average molecular weight is 581 g/mol. The Balaban J connectivity index is 1.37. The van der Waals surface area contributed by atoms with Gasteiger partial charge in [0, 0.05) is 10.8 Å². The first kappa shape index (κ1) is 26.8. The second-order valence-corrected chi connectivity index (χ2v) is 13.4. The lowest BCUT2D eigenvalue weighted by molar-refractivity contribution is -0.141. The number of hydrogen-bond donors (Lipinski definition) is 1. The highest BCUT2D eigenvalue weighted by Gasteiger charge is 2.67. The molecule has 4 aliphatic rings. The van der Waals surface area contributed by atoms with E-state index >= 15 is 0 Å². The van der Waals surface area contributed by atoms with E-state index in [0.717, 1.165) is 16.0 Å². The third kappa shape index (κ3) is 3.63. The van der Waals surface area contributed by atoms with Gasteiger partial charge in [-0.3, -0.25) is 24.1 Å². The molecule has 2 aliphatic carbocycles. The van der Waals surface area contributed by atoms with Gasteiger partial charge in [0.2, 0.25) is 23.6 Å². The van der Waals surface area contributed by atoms with Crippen molar-refractivity contribution in [2.45, 2.75) is 46.1 Å². The van der Waals surface area contributed by atoms with Crippen LogP contribution in [0, 0.1) is 42.9 Å². The lowest BCUT2D eigenvalue weighted by Gasteiger charge is -2.49. The molecule has 3 aromatic rings. The van der Waals surface area contributed by atoms with Crippen LogP contribution in [0.15, 0.2) is 71.6 Å². The SMILES string of the molecule is Cc1cc([C@H]2C3=CC[C@@H]4C(=O)N(Cc5cccs5)C(=O)[C@@H]4[C@@H]3C[C@H]3C(=O)N(c4ccccc4)C(=O)[C@@]23C)cc(C)c1O. The molecule has 3 heterocycles. The molecule has 6 atom stereocenters. The van der Waals surface area contributed by atoms with Crippen LogP contribution in [0.3, 0.4) is 0 Å². The van der Waals surface area contributed by atoms with E-state index in [9.17, 15) is 24.3 Å². The van der Waals surface area contributed by atoms with Crippen molar-refractivity contribution in [2.24, 2.45) is 29.1 Å². The summed E-state index contributed by atoms with van der Waals surface area (Å²) in [5, 5.41) is 12.5. The predicted octanol–water partition coefficient (Wildman–Crippen LogP) is 5.50. The maximum absolute atomic E-state index is 14.4. The summed E-state index contributed by atoms with van der Waals surface area (Å²) in [6.45, 7) is 5.80. The Kier molecular flexibility index (Phi) is 6.06. The predicted molar refractivity (Wildman–Crippen MR) is 159 cm³/mol. The van der Waals surface area contributed by atoms with Gasteiger partial charge >= 0.3 is 0 Å². The number of carbonyl (C=O) groups is 4. The van der Waals surface area contributed by atoms with Crippen LogP contribution in [0.25, 0.3) is 0 Å². The highest BCUT2D eigenvalue weighted by Crippen LogP contribution is 2.63. The van der Waals surface area contributed by atoms with Gasteiger partial charge in [0.15, 0.2) is 0 Å². The summed E-state index contributed by atoms with van der Waals surface area (Å²) in [4.78, 5) is 59.9. The Hall–Kier alpha value is -4.04. The molecule has 42 heavy (non-hydrogen) atoms. The summed E-state index contributed by atoms with van der Waals surface area (Å²) in [5.74, 6) is -3.22. The lowest BCUT2D eigenvalue weighted by atomic mass is 9.51. The van der Waals surface area contributed by atoms with Crippen molar-refractivity contribution >= 4 is 40.7 Å². The number of anilines is 1. The number of amides is 4. The molecule has 0 bridgehead atoms. The quantitative estimate of drug-likeness (QED) is 0.325. The summed E-state index contributed by atoms with van der Waals surface area (Å²) in [6, 6.07) is 16.6. The number of fused-ring (bicyclic) bond motifs is 4. The Labute approximate surface area is 248 Å². The van der Waals surface area contributed by atoms with Crippen LogP contribution in [-0.4, -0.2) is 33.6 Å². The molecule has 1 N–H and O–H groups in total. The minimum atomic E-state index is -1.10. The maximum atomic E-state index is 14.4. The maximum Gasteiger partial charge on any atom is 0.241 e. The second kappa shape index (κ2) is 9.49. The van der Waals surface area contributed by atoms with E-state index in [1.54, 1.807) is 12.1 Å². The molecule has 7 rings (SSSR count). The molecular formula is C34H32N2O5S. The van der Waals surface area contributed by atoms with Crippen LogP contribution in [0.2, 0.25) is 0 Å². The Morgan fingerprint density at radius 3 is 2.31 bits per heavy atom. The zero-order valence-electron chi connectivity index (χ0n) is 23.7. The standard InChI is InChI=1S/C34H32N2O5S/c1-18-14-20(15-19(2)29(18)37)28-23-11-12-24-27(32(40)35(30(24)38)17-22-10-7-13-42-22)25(23)16-26-31(39)36(33(41)34(26,28)3)21-8-5-4-6-9-21/h4-11,13-15,24-28,37H,12,16-17H2,1-3H3/t24-,25+,26-,27-,28-,34+/m0/s1. The van der Waals surface area contributed by atoms with Gasteiger partial charge in [0.1, 0.15) is 5.75 Å². The number of likely N-dealkylation sites (tertiary alicyclic amines) is 1. The highest BCUT2D eigenvalue weighted by atomic mass is 32.1. The topological polar surface area (TPSA) is 95.0 Å². The number of imide groups is 2. The van der Waals surface area contributed by atoms with Crippen molar-refractivity contribution in [3.63, 3.8) is 0 Å². The number of nitrogens with zero attached hydrogens (tertiary/aromatic N) is 2. The van der Waals surface area contributed by atoms with E-state index in [1.807, 2.05) is 68.6 Å². The fraction of sp³-hybridized carbons (Fsp3) is 0.353. The van der Waals surface area contributed by atoms with Gasteiger partial charge in [-0.2, -0.15) is 0 Å². The normalized spacial score (nSPS) is 30.4. The largest absolute Gasteiger partial charge is 0.507 e. The number of para-hydroxylation sites is 1. The molecule has 3 fully saturated rings. The Morgan fingerprint density at radius 2 is 1.64 bits per heavy atom. The summed E-state index contributed by atoms with van der Waals surface area (Å²) < 4.78 is 0. The molecule has 1 saturated carbocycles. The number of allylic oxidation sites excluding steroid dienone is 2. The van der Waals surface area contributed by atoms with Crippen molar-refractivity contribution < 1.29 is 24.3 Å². The number of aromatic hydroxyl groups is 1. The van der Waals surface area contributed by atoms with E-state index in [-0.39, 0.29) is 41.8 Å². The molecule has 214 valence electrons. The number of aryl methyl sites for hydroxylation is 2. The molecular weight excluding hydrogens is 548 g/mol. The number of carbonyl (C=O) groups excluding carboxylic acids is 4. The molecule has 4 amide bonds. The third-order valence-electron chi connectivity index (χ3n) is 10.1. The number of hydrogen-bond acceptors (Lipinski definition) is 6. The fourth-order valence-electron chi connectivity index (χ4n) is 8.15. The van der Waals surface area contributed by atoms with Gasteiger partial charge in [0.05, 0.1) is 35.4 Å². The van der Waals surface area contributed by atoms with Gasteiger partial charge < -0.3 is 5.11 Å². The lowest BCUT2D eigenvalue weighted by Crippen LogP contribution is -2.48. The summed E-state index contributed by atoms with van der Waals surface area (Å²) in [6.07, 6.45) is 2.81. The second-order valence-electron chi connectivity index (χ2n) is 12.3. The van der Waals surface area contributed by atoms with E-state index in [1.165, 1.54) is 21.1 Å². The minimum Gasteiger partial charge on any atom is -0.507 e. The van der Waals surface area contributed by atoms with Crippen LogP contribution in [0.5, 0.6) is 5.75 Å². The third-order valence-corrected chi connectivity index (χ3v) is 11.0. The van der Waals surface area contributed by atoms with Gasteiger partial charge in [-0.15, -0.1) is 11.3 Å². The first-order chi connectivity index (χ1) is 20.1. The molecule has 2 aromatic carbocycles. The molecule has 0 unspecified atom stereocenters. The fourth-order valence-corrected chi connectivity index (χ4v) is 8.85. The van der Waals surface area contributed by atoms with Crippen molar-refractivity contribution in [3.05, 3.63) is 93.2 Å². The summed E-state index contributed by atoms with van der Waals surface area (Å²) in [5.41, 5.74) is 2.60. The number of benzene rings is 2. The molecule has 1 aromatic heterocycles. The molecule has 7 nitrogen and oxygen atoms in total. The van der Waals surface area contributed by atoms with Crippen molar-refractivity contribution in [2.75, 3.05) is 4.90 Å². The zero-order chi connectivity index (χ0) is 29.5. The number of phenolic OH excluding ortho intramolecular Hbond substituents is 1. The molecule has 8 heteroatoms. The Bertz CT molecular complexity index is 1660. The minimum absolute atomic E-state index is 0.158. The van der Waals surface area contributed by atoms with Crippen LogP contribution < -0.4 is 4.90 Å². The van der Waals surface area contributed by atoms with E-state index < -0.39 is 29.1 Å². The molecule has 0 radical (unpaired) electrons. The number of thiophene rings is 1. The Morgan fingerprint density at radius 1 is 0.929 bits per heavy atom. The highest BCUT2D eigenvalue weighted by molar-refractivity contribution is 7.09. The van der Waals surface area contributed by atoms with Crippen LogP contribution in [0.4, 0.5) is 5.69 Å². The van der Waals surface area contributed by atoms with E-state index in [0.29, 0.717) is 29.7 Å². The van der Waals surface area contributed by atoms with Gasteiger partial charge in [-0.05, 0) is 79.8 Å². The monoisotopic (exact) mass is 580 g/mol. The van der Waals surface area contributed by atoms with Crippen LogP contribution >= 0.6 is 11.3 Å². The molecule has 2 aliphatic heterocycles. The van der Waals surface area contributed by atoms with Gasteiger partial charge in [-0.1, -0.05) is 48.0 Å². The van der Waals surface area contributed by atoms with E-state index in [2.05, 4.69) is 6.08 Å². The first-order valence-corrected chi connectivity index (χ1v) is 15.3. The van der Waals surface area contributed by atoms with Crippen LogP contribution in [0.1, 0.15) is 47.3 Å². The van der Waals surface area contributed by atoms with Crippen molar-refractivity contribution in [3.8, 4) is 5.75 Å². The smallest absolute Gasteiger partial charge is 0.241 e. The number of rotatable bonds is 4. The molecule has 2 saturated heterocycles. The van der Waals surface area contributed by atoms with Gasteiger partial charge in [0.25, 0.3) is 0 Å². The summed E-state index contributed by atoms with van der Waals surface area (Å²) >= 11 is 1.51. The van der Waals surface area contributed by atoms with Crippen molar-refractivity contribution in [1.29, 1.82) is 0 Å². The van der Waals surface area contributed by atoms with E-state index in [4.69, 9.17) is 0 Å². The summed E-state index contributed by atoms with van der Waals surface area (Å²) in [7, 11) is 0. The zero-order valence-corrected chi connectivity index (χ0v) is 24.6. The average Bonchev–Trinajstić information content (AvgIpc) is 3.63. The molecule has 0 spiro atoms. The van der Waals surface area contributed by atoms with Crippen LogP contribution in [-0.2, 0) is 25.7 Å².